The predicted octanol–water partition coefficient (Wildman–Crippen LogP) is 5.78. The van der Waals surface area contributed by atoms with Crippen molar-refractivity contribution in [3.05, 3.63) is 120 Å². The number of amides is 2. The van der Waals surface area contributed by atoms with E-state index in [1.165, 1.54) is 16.7 Å². The molecule has 0 saturated heterocycles. The molecule has 0 fully saturated rings. The molecule has 1 N–H and O–H groups in total. The van der Waals surface area contributed by atoms with E-state index >= 15 is 0 Å². The van der Waals surface area contributed by atoms with E-state index in [2.05, 4.69) is 5.32 Å². The monoisotopic (exact) mass is 645 g/mol. The number of carbonyl (C=O) groups excluding carboxylic acids is 2. The highest BCUT2D eigenvalue weighted by Crippen LogP contribution is 2.28. The van der Waals surface area contributed by atoms with Crippen LogP contribution in [0.1, 0.15) is 25.0 Å². The molecule has 236 valence electrons. The van der Waals surface area contributed by atoms with Crippen molar-refractivity contribution in [3.8, 4) is 5.75 Å². The molecule has 0 spiro atoms. The summed E-state index contributed by atoms with van der Waals surface area (Å²) in [7, 11) is -4.19. The number of hydrogen-bond donors (Lipinski definition) is 1. The summed E-state index contributed by atoms with van der Waals surface area (Å²) >= 11 is 1.50. The van der Waals surface area contributed by atoms with Crippen molar-refractivity contribution in [2.24, 2.45) is 0 Å². The summed E-state index contributed by atoms with van der Waals surface area (Å²) in [6.45, 7) is 4.13. The molecular formula is C35H39N3O5S2. The number of benzene rings is 4. The van der Waals surface area contributed by atoms with Crippen LogP contribution in [-0.4, -0.2) is 57.1 Å². The van der Waals surface area contributed by atoms with Gasteiger partial charge in [-0.05, 0) is 79.8 Å². The van der Waals surface area contributed by atoms with E-state index < -0.39 is 28.5 Å². The van der Waals surface area contributed by atoms with Gasteiger partial charge in [0.05, 0.1) is 17.2 Å². The first-order valence-corrected chi connectivity index (χ1v) is 17.5. The molecule has 45 heavy (non-hydrogen) atoms. The Labute approximate surface area is 270 Å². The van der Waals surface area contributed by atoms with Crippen LogP contribution >= 0.6 is 11.8 Å². The molecule has 2 amide bonds. The summed E-state index contributed by atoms with van der Waals surface area (Å²) in [5.41, 5.74) is 2.00. The Morgan fingerprint density at radius 2 is 1.42 bits per heavy atom. The number of hydrogen-bond acceptors (Lipinski definition) is 6. The highest BCUT2D eigenvalue weighted by atomic mass is 32.2. The fourth-order valence-electron chi connectivity index (χ4n) is 4.91. The first-order chi connectivity index (χ1) is 21.8. The van der Waals surface area contributed by atoms with Gasteiger partial charge in [-0.1, -0.05) is 60.7 Å². The average Bonchev–Trinajstić information content (AvgIpc) is 3.06. The van der Waals surface area contributed by atoms with Gasteiger partial charge >= 0.3 is 0 Å². The number of likely N-dealkylation sites (N-methyl/N-ethyl adjacent to an activating group) is 1. The van der Waals surface area contributed by atoms with Gasteiger partial charge in [0.2, 0.25) is 11.8 Å². The van der Waals surface area contributed by atoms with Crippen LogP contribution in [0, 0.1) is 0 Å². The highest BCUT2D eigenvalue weighted by molar-refractivity contribution is 7.98. The van der Waals surface area contributed by atoms with Crippen molar-refractivity contribution < 1.29 is 22.7 Å². The molecule has 8 nitrogen and oxygen atoms in total. The van der Waals surface area contributed by atoms with Gasteiger partial charge in [-0.15, -0.1) is 11.8 Å². The smallest absolute Gasteiger partial charge is 0.264 e. The quantitative estimate of drug-likeness (QED) is 0.165. The lowest BCUT2D eigenvalue weighted by molar-refractivity contribution is -0.140. The van der Waals surface area contributed by atoms with Gasteiger partial charge in [0.25, 0.3) is 10.0 Å². The van der Waals surface area contributed by atoms with Gasteiger partial charge in [0.1, 0.15) is 18.3 Å². The number of nitrogens with one attached hydrogen (secondary N) is 1. The topological polar surface area (TPSA) is 96.0 Å². The third-order valence-corrected chi connectivity index (χ3v) is 9.71. The van der Waals surface area contributed by atoms with Gasteiger partial charge in [0.15, 0.2) is 0 Å². The standard InChI is InChI=1S/C35H39N3O5S2/c1-4-36-35(40)33(24-27-12-8-6-9-13-27)37(25-28-14-10-7-11-15-28)34(39)26-38(29-16-18-30(19-17-29)43-5-2)45(41,42)32-22-20-31(44-3)21-23-32/h6-23,33H,4-5,24-26H2,1-3H3,(H,36,40)/t33-/m0/s1. The lowest BCUT2D eigenvalue weighted by Gasteiger charge is -2.33. The SMILES string of the molecule is CCNC(=O)[C@H](Cc1ccccc1)N(Cc1ccccc1)C(=O)CN(c1ccc(OCC)cc1)S(=O)(=O)c1ccc(SC)cc1. The molecule has 0 unspecified atom stereocenters. The molecule has 1 atom stereocenters. The summed E-state index contributed by atoms with van der Waals surface area (Å²) in [4.78, 5) is 30.5. The third kappa shape index (κ3) is 8.89. The number of thioether (sulfide) groups is 1. The summed E-state index contributed by atoms with van der Waals surface area (Å²) in [6, 6.07) is 31.1. The van der Waals surface area contributed by atoms with Gasteiger partial charge < -0.3 is 15.0 Å². The second-order valence-electron chi connectivity index (χ2n) is 10.2. The molecule has 0 bridgehead atoms. The van der Waals surface area contributed by atoms with E-state index in [0.29, 0.717) is 24.6 Å². The number of nitrogens with zero attached hydrogens (tertiary/aromatic N) is 2. The molecule has 0 aliphatic carbocycles. The van der Waals surface area contributed by atoms with Crippen molar-refractivity contribution in [2.45, 2.75) is 42.6 Å². The summed E-state index contributed by atoms with van der Waals surface area (Å²) < 4.78 is 35.1. The molecule has 0 aliphatic rings. The Hall–Kier alpha value is -4.28. The van der Waals surface area contributed by atoms with E-state index in [0.717, 1.165) is 20.3 Å². The fraction of sp³-hybridized carbons (Fsp3) is 0.257. The van der Waals surface area contributed by atoms with Gasteiger partial charge in [-0.25, -0.2) is 8.42 Å². The zero-order chi connectivity index (χ0) is 32.2. The molecular weight excluding hydrogens is 607 g/mol. The minimum Gasteiger partial charge on any atom is -0.494 e. The normalized spacial score (nSPS) is 11.8. The molecule has 10 heteroatoms. The molecule has 0 saturated carbocycles. The fourth-order valence-corrected chi connectivity index (χ4v) is 6.73. The Morgan fingerprint density at radius 3 is 1.98 bits per heavy atom. The molecule has 4 aromatic carbocycles. The minimum atomic E-state index is -4.19. The maximum Gasteiger partial charge on any atom is 0.264 e. The number of ether oxygens (including phenoxy) is 1. The average molecular weight is 646 g/mol. The molecule has 4 rings (SSSR count). The summed E-state index contributed by atoms with van der Waals surface area (Å²) in [5.74, 6) is -0.239. The van der Waals surface area contributed by atoms with Crippen molar-refractivity contribution in [1.29, 1.82) is 0 Å². The van der Waals surface area contributed by atoms with Gasteiger partial charge in [-0.2, -0.15) is 0 Å². The van der Waals surface area contributed by atoms with Crippen molar-refractivity contribution in [3.63, 3.8) is 0 Å². The predicted molar refractivity (Wildman–Crippen MR) is 180 cm³/mol. The first-order valence-electron chi connectivity index (χ1n) is 14.8. The summed E-state index contributed by atoms with van der Waals surface area (Å²) in [6.07, 6.45) is 2.17. The Kier molecular flexibility index (Phi) is 12.1. The number of carbonyl (C=O) groups is 2. The first kappa shape index (κ1) is 33.6. The van der Waals surface area contributed by atoms with Gasteiger partial charge in [-0.3, -0.25) is 13.9 Å². The van der Waals surface area contributed by atoms with E-state index in [1.807, 2.05) is 80.8 Å². The van der Waals surface area contributed by atoms with Crippen molar-refractivity contribution in [1.82, 2.24) is 10.2 Å². The zero-order valence-corrected chi connectivity index (χ0v) is 27.4. The van der Waals surface area contributed by atoms with Crippen LogP contribution in [0.25, 0.3) is 0 Å². The third-order valence-electron chi connectivity index (χ3n) is 7.18. The van der Waals surface area contributed by atoms with Gasteiger partial charge in [0, 0.05) is 24.4 Å². The largest absolute Gasteiger partial charge is 0.494 e. The minimum absolute atomic E-state index is 0.0566. The molecule has 0 radical (unpaired) electrons. The van der Waals surface area contributed by atoms with Crippen LogP contribution in [0.3, 0.4) is 0 Å². The van der Waals surface area contributed by atoms with Crippen LogP contribution in [0.4, 0.5) is 5.69 Å². The molecule has 0 aliphatic heterocycles. The Balaban J connectivity index is 1.78. The van der Waals surface area contributed by atoms with E-state index in [4.69, 9.17) is 4.74 Å². The van der Waals surface area contributed by atoms with Crippen LogP contribution in [-0.2, 0) is 32.6 Å². The number of sulfonamides is 1. The summed E-state index contributed by atoms with van der Waals surface area (Å²) in [5, 5.41) is 2.88. The van der Waals surface area contributed by atoms with E-state index in [1.54, 1.807) is 48.5 Å². The molecule has 0 aromatic heterocycles. The lowest BCUT2D eigenvalue weighted by atomic mass is 10.0. The van der Waals surface area contributed by atoms with E-state index in [9.17, 15) is 18.0 Å². The van der Waals surface area contributed by atoms with Crippen molar-refractivity contribution in [2.75, 3.05) is 30.3 Å². The van der Waals surface area contributed by atoms with Crippen molar-refractivity contribution >= 4 is 39.3 Å². The number of anilines is 1. The second-order valence-corrected chi connectivity index (χ2v) is 13.0. The van der Waals surface area contributed by atoms with Crippen LogP contribution in [0.15, 0.2) is 119 Å². The Bertz CT molecular complexity index is 1630. The maximum atomic E-state index is 14.4. The van der Waals surface area contributed by atoms with Crippen LogP contribution in [0.2, 0.25) is 0 Å². The zero-order valence-electron chi connectivity index (χ0n) is 25.8. The maximum absolute atomic E-state index is 14.4. The van der Waals surface area contributed by atoms with E-state index in [-0.39, 0.29) is 23.8 Å². The lowest BCUT2D eigenvalue weighted by Crippen LogP contribution is -2.53. The van der Waals surface area contributed by atoms with Crippen LogP contribution < -0.4 is 14.4 Å². The molecule has 0 heterocycles. The highest BCUT2D eigenvalue weighted by Gasteiger charge is 2.34. The second kappa shape index (κ2) is 16.2. The Morgan fingerprint density at radius 1 is 0.822 bits per heavy atom. The molecule has 4 aromatic rings. The van der Waals surface area contributed by atoms with Crippen LogP contribution in [0.5, 0.6) is 5.75 Å². The number of rotatable bonds is 15.